The summed E-state index contributed by atoms with van der Waals surface area (Å²) in [5.74, 6) is 0.796. The molecule has 0 aliphatic carbocycles. The second kappa shape index (κ2) is 9.04. The van der Waals surface area contributed by atoms with Crippen LogP contribution >= 0.6 is 11.6 Å². The van der Waals surface area contributed by atoms with Gasteiger partial charge in [0.15, 0.2) is 5.96 Å². The van der Waals surface area contributed by atoms with Gasteiger partial charge in [0.25, 0.3) is 0 Å². The summed E-state index contributed by atoms with van der Waals surface area (Å²) in [5, 5.41) is 14.9. The van der Waals surface area contributed by atoms with Gasteiger partial charge in [-0.05, 0) is 30.5 Å². The smallest absolute Gasteiger partial charge is 0.191 e. The lowest BCUT2D eigenvalue weighted by Gasteiger charge is -2.12. The first kappa shape index (κ1) is 16.3. The summed E-state index contributed by atoms with van der Waals surface area (Å²) in [6.45, 7) is 2.50. The van der Waals surface area contributed by atoms with Crippen molar-refractivity contribution in [1.82, 2.24) is 25.4 Å². The van der Waals surface area contributed by atoms with E-state index in [1.54, 1.807) is 19.7 Å². The molecular formula is C15H21ClN6. The predicted octanol–water partition coefficient (Wildman–Crippen LogP) is 2.08. The molecule has 118 valence electrons. The summed E-state index contributed by atoms with van der Waals surface area (Å²) in [6.07, 6.45) is 5.59. The maximum Gasteiger partial charge on any atom is 0.191 e. The van der Waals surface area contributed by atoms with Gasteiger partial charge in [0.2, 0.25) is 0 Å². The zero-order valence-electron chi connectivity index (χ0n) is 12.7. The van der Waals surface area contributed by atoms with Crippen LogP contribution in [-0.2, 0) is 13.1 Å². The second-order valence-corrected chi connectivity index (χ2v) is 5.33. The van der Waals surface area contributed by atoms with E-state index in [-0.39, 0.29) is 0 Å². The Kier molecular flexibility index (Phi) is 6.70. The molecule has 6 nitrogen and oxygen atoms in total. The fourth-order valence-electron chi connectivity index (χ4n) is 2.02. The van der Waals surface area contributed by atoms with Gasteiger partial charge in [0.1, 0.15) is 12.7 Å². The highest BCUT2D eigenvalue weighted by Crippen LogP contribution is 2.10. The van der Waals surface area contributed by atoms with Gasteiger partial charge in [0.05, 0.1) is 0 Å². The molecular weight excluding hydrogens is 300 g/mol. The van der Waals surface area contributed by atoms with E-state index in [0.717, 1.165) is 42.5 Å². The second-order valence-electron chi connectivity index (χ2n) is 4.89. The van der Waals surface area contributed by atoms with Crippen LogP contribution in [0, 0.1) is 0 Å². The predicted molar refractivity (Wildman–Crippen MR) is 88.9 cm³/mol. The Morgan fingerprint density at radius 1 is 1.23 bits per heavy atom. The molecule has 0 radical (unpaired) electrons. The van der Waals surface area contributed by atoms with Gasteiger partial charge < -0.3 is 15.2 Å². The van der Waals surface area contributed by atoms with Crippen LogP contribution in [0.1, 0.15) is 18.4 Å². The molecule has 7 heteroatoms. The van der Waals surface area contributed by atoms with E-state index in [1.807, 2.05) is 28.8 Å². The number of aliphatic imine (C=N–C) groups is 1. The molecule has 0 bridgehead atoms. The zero-order valence-corrected chi connectivity index (χ0v) is 13.4. The van der Waals surface area contributed by atoms with Crippen LogP contribution in [0.3, 0.4) is 0 Å². The Labute approximate surface area is 135 Å². The molecule has 0 aliphatic heterocycles. The highest BCUT2D eigenvalue weighted by molar-refractivity contribution is 6.30. The van der Waals surface area contributed by atoms with E-state index < -0.39 is 0 Å². The molecule has 2 aromatic rings. The van der Waals surface area contributed by atoms with E-state index >= 15 is 0 Å². The largest absolute Gasteiger partial charge is 0.356 e. The van der Waals surface area contributed by atoms with Crippen LogP contribution in [-0.4, -0.2) is 34.3 Å². The summed E-state index contributed by atoms with van der Waals surface area (Å²) in [4.78, 5) is 4.21. The van der Waals surface area contributed by atoms with Gasteiger partial charge >= 0.3 is 0 Å². The quantitative estimate of drug-likeness (QED) is 0.465. The Hall–Kier alpha value is -2.08. The number of rotatable bonds is 7. The van der Waals surface area contributed by atoms with Crippen molar-refractivity contribution in [3.63, 3.8) is 0 Å². The minimum Gasteiger partial charge on any atom is -0.356 e. The molecule has 0 atom stereocenters. The zero-order chi connectivity index (χ0) is 15.6. The van der Waals surface area contributed by atoms with Gasteiger partial charge in [-0.25, -0.2) is 0 Å². The Morgan fingerprint density at radius 2 is 2.05 bits per heavy atom. The number of benzene rings is 1. The molecule has 1 heterocycles. The number of nitrogens with one attached hydrogen (secondary N) is 2. The van der Waals surface area contributed by atoms with E-state index in [9.17, 15) is 0 Å². The third-order valence-electron chi connectivity index (χ3n) is 3.17. The Bertz CT molecular complexity index is 581. The summed E-state index contributed by atoms with van der Waals surface area (Å²) < 4.78 is 1.98. The first-order valence-corrected chi connectivity index (χ1v) is 7.67. The van der Waals surface area contributed by atoms with Crippen molar-refractivity contribution in [2.75, 3.05) is 13.6 Å². The maximum atomic E-state index is 5.97. The summed E-state index contributed by atoms with van der Waals surface area (Å²) in [5.41, 5.74) is 1.13. The molecule has 1 aromatic heterocycles. The Balaban J connectivity index is 1.63. The number of halogens is 1. The molecule has 0 amide bonds. The third-order valence-corrected chi connectivity index (χ3v) is 3.41. The number of unbranched alkanes of at least 4 members (excludes halogenated alkanes) is 1. The summed E-state index contributed by atoms with van der Waals surface area (Å²) in [6, 6.07) is 7.79. The van der Waals surface area contributed by atoms with E-state index in [0.29, 0.717) is 6.54 Å². The fourth-order valence-corrected chi connectivity index (χ4v) is 2.23. The van der Waals surface area contributed by atoms with Crippen molar-refractivity contribution in [3.8, 4) is 0 Å². The normalized spacial score (nSPS) is 11.5. The molecule has 0 aliphatic rings. The number of aromatic nitrogens is 3. The van der Waals surface area contributed by atoms with Gasteiger partial charge in [-0.2, -0.15) is 0 Å². The average molecular weight is 321 g/mol. The number of aryl methyl sites for hydroxylation is 1. The van der Waals surface area contributed by atoms with Crippen LogP contribution in [0.5, 0.6) is 0 Å². The number of hydrogen-bond acceptors (Lipinski definition) is 3. The monoisotopic (exact) mass is 320 g/mol. The lowest BCUT2D eigenvalue weighted by atomic mass is 10.2. The molecule has 0 fully saturated rings. The van der Waals surface area contributed by atoms with Gasteiger partial charge in [-0.15, -0.1) is 10.2 Å². The summed E-state index contributed by atoms with van der Waals surface area (Å²) >= 11 is 5.97. The molecule has 0 spiro atoms. The highest BCUT2D eigenvalue weighted by Gasteiger charge is 1.99. The molecule has 1 aromatic carbocycles. The maximum absolute atomic E-state index is 5.97. The third kappa shape index (κ3) is 5.73. The lowest BCUT2D eigenvalue weighted by molar-refractivity contribution is 0.597. The number of nitrogens with zero attached hydrogens (tertiary/aromatic N) is 4. The number of guanidine groups is 1. The molecule has 2 rings (SSSR count). The van der Waals surface area contributed by atoms with Crippen LogP contribution in [0.25, 0.3) is 0 Å². The topological polar surface area (TPSA) is 67.1 Å². The minimum atomic E-state index is 0.695. The van der Waals surface area contributed by atoms with Crippen LogP contribution in [0.2, 0.25) is 5.02 Å². The molecule has 2 N–H and O–H groups in total. The van der Waals surface area contributed by atoms with Crippen LogP contribution in [0.15, 0.2) is 41.9 Å². The van der Waals surface area contributed by atoms with Crippen LogP contribution < -0.4 is 10.6 Å². The number of hydrogen-bond donors (Lipinski definition) is 2. The molecule has 0 saturated heterocycles. The molecule has 0 saturated carbocycles. The Morgan fingerprint density at radius 3 is 2.77 bits per heavy atom. The highest BCUT2D eigenvalue weighted by atomic mass is 35.5. The van der Waals surface area contributed by atoms with Crippen molar-refractivity contribution < 1.29 is 0 Å². The minimum absolute atomic E-state index is 0.695. The van der Waals surface area contributed by atoms with Gasteiger partial charge in [-0.1, -0.05) is 23.7 Å². The van der Waals surface area contributed by atoms with E-state index in [4.69, 9.17) is 11.6 Å². The fraction of sp³-hybridized carbons (Fsp3) is 0.400. The van der Waals surface area contributed by atoms with Crippen molar-refractivity contribution in [2.24, 2.45) is 4.99 Å². The van der Waals surface area contributed by atoms with Crippen molar-refractivity contribution >= 4 is 17.6 Å². The van der Waals surface area contributed by atoms with Crippen molar-refractivity contribution in [2.45, 2.75) is 25.9 Å². The van der Waals surface area contributed by atoms with Gasteiger partial charge in [-0.3, -0.25) is 4.99 Å². The SMILES string of the molecule is CN=C(NCCCCn1cnnc1)NCc1cccc(Cl)c1. The summed E-state index contributed by atoms with van der Waals surface area (Å²) in [7, 11) is 1.77. The molecule has 22 heavy (non-hydrogen) atoms. The van der Waals surface area contributed by atoms with Crippen LogP contribution in [0.4, 0.5) is 0 Å². The first-order valence-electron chi connectivity index (χ1n) is 7.29. The average Bonchev–Trinajstić information content (AvgIpc) is 3.03. The van der Waals surface area contributed by atoms with E-state index in [1.165, 1.54) is 0 Å². The van der Waals surface area contributed by atoms with Crippen molar-refractivity contribution in [3.05, 3.63) is 47.5 Å². The molecule has 0 unspecified atom stereocenters. The lowest BCUT2D eigenvalue weighted by Crippen LogP contribution is -2.37. The standard InChI is InChI=1S/C15H21ClN6/c1-17-15(19-10-13-5-4-6-14(16)9-13)18-7-2-3-8-22-11-20-21-12-22/h4-6,9,11-12H,2-3,7-8,10H2,1H3,(H2,17,18,19). The van der Waals surface area contributed by atoms with Gasteiger partial charge in [0, 0.05) is 31.7 Å². The van der Waals surface area contributed by atoms with E-state index in [2.05, 4.69) is 25.8 Å². The first-order chi connectivity index (χ1) is 10.8. The van der Waals surface area contributed by atoms with Crippen molar-refractivity contribution in [1.29, 1.82) is 0 Å².